The largest absolute Gasteiger partial charge is 0.352 e. The van der Waals surface area contributed by atoms with E-state index < -0.39 is 0 Å². The Morgan fingerprint density at radius 1 is 1.26 bits per heavy atom. The zero-order chi connectivity index (χ0) is 22.0. The highest BCUT2D eigenvalue weighted by Gasteiger charge is 2.27. The number of benzene rings is 1. The van der Waals surface area contributed by atoms with Gasteiger partial charge in [-0.15, -0.1) is 0 Å². The number of piperidine rings is 1. The summed E-state index contributed by atoms with van der Waals surface area (Å²) in [6.07, 6.45) is 2.35. The minimum absolute atomic E-state index is 0.0797. The van der Waals surface area contributed by atoms with Gasteiger partial charge >= 0.3 is 0 Å². The first-order valence-corrected chi connectivity index (χ1v) is 10.7. The zero-order valence-electron chi connectivity index (χ0n) is 17.8. The van der Waals surface area contributed by atoms with E-state index in [0.29, 0.717) is 42.5 Å². The monoisotopic (exact) mass is 421 g/mol. The number of hydrogen-bond donors (Lipinski definition) is 2. The molecule has 0 unspecified atom stereocenters. The molecule has 1 aliphatic heterocycles. The summed E-state index contributed by atoms with van der Waals surface area (Å²) in [6.45, 7) is 5.85. The van der Waals surface area contributed by atoms with E-state index in [0.717, 1.165) is 30.5 Å². The number of fused-ring (bicyclic) bond motifs is 1. The van der Waals surface area contributed by atoms with Gasteiger partial charge in [0.25, 0.3) is 11.5 Å². The van der Waals surface area contributed by atoms with Crippen LogP contribution in [0.5, 0.6) is 0 Å². The molecule has 1 aliphatic rings. The van der Waals surface area contributed by atoms with Crippen LogP contribution in [-0.2, 0) is 4.79 Å². The number of aromatic amines is 1. The van der Waals surface area contributed by atoms with Gasteiger partial charge in [-0.2, -0.15) is 5.10 Å². The normalized spacial score (nSPS) is 14.9. The summed E-state index contributed by atoms with van der Waals surface area (Å²) in [5.74, 6) is 0.116. The van der Waals surface area contributed by atoms with Crippen LogP contribution in [-0.4, -0.2) is 51.4 Å². The summed E-state index contributed by atoms with van der Waals surface area (Å²) >= 11 is 0. The van der Waals surface area contributed by atoms with Crippen LogP contribution in [0.4, 0.5) is 0 Å². The Kier molecular flexibility index (Phi) is 5.88. The van der Waals surface area contributed by atoms with Crippen molar-refractivity contribution in [2.75, 3.05) is 19.6 Å². The molecule has 0 radical (unpaired) electrons. The van der Waals surface area contributed by atoms with Crippen LogP contribution in [0.2, 0.25) is 0 Å². The van der Waals surface area contributed by atoms with Crippen molar-refractivity contribution in [3.8, 4) is 11.3 Å². The average molecular weight is 422 g/mol. The first-order valence-electron chi connectivity index (χ1n) is 10.7. The van der Waals surface area contributed by atoms with E-state index in [1.165, 1.54) is 0 Å². The Bertz CT molecular complexity index is 1140. The van der Waals surface area contributed by atoms with Crippen LogP contribution < -0.4 is 10.9 Å². The fourth-order valence-electron chi connectivity index (χ4n) is 4.06. The third kappa shape index (κ3) is 4.23. The highest BCUT2D eigenvalue weighted by molar-refractivity contribution is 6.05. The maximum absolute atomic E-state index is 13.2. The Morgan fingerprint density at radius 2 is 1.97 bits per heavy atom. The van der Waals surface area contributed by atoms with Crippen molar-refractivity contribution in [2.24, 2.45) is 5.92 Å². The number of aromatic nitrogens is 3. The molecule has 8 nitrogen and oxygen atoms in total. The molecule has 0 atom stereocenters. The van der Waals surface area contributed by atoms with E-state index in [1.54, 1.807) is 15.5 Å². The van der Waals surface area contributed by atoms with Gasteiger partial charge in [0.15, 0.2) is 0 Å². The van der Waals surface area contributed by atoms with Crippen LogP contribution in [0.25, 0.3) is 16.9 Å². The van der Waals surface area contributed by atoms with Gasteiger partial charge in [0.05, 0.1) is 5.69 Å². The van der Waals surface area contributed by atoms with Gasteiger partial charge in [-0.1, -0.05) is 44.2 Å². The van der Waals surface area contributed by atoms with Crippen molar-refractivity contribution < 1.29 is 9.59 Å². The summed E-state index contributed by atoms with van der Waals surface area (Å²) in [7, 11) is 0. The number of carbonyl (C=O) groups is 2. The van der Waals surface area contributed by atoms with Crippen molar-refractivity contribution in [1.82, 2.24) is 24.8 Å². The summed E-state index contributed by atoms with van der Waals surface area (Å²) in [4.78, 5) is 41.4. The van der Waals surface area contributed by atoms with Gasteiger partial charge < -0.3 is 15.2 Å². The quantitative estimate of drug-likeness (QED) is 0.597. The highest BCUT2D eigenvalue weighted by Crippen LogP contribution is 2.30. The molecule has 162 valence electrons. The maximum atomic E-state index is 13.2. The molecular weight excluding hydrogens is 394 g/mol. The SMILES string of the molecule is CC(C)CNC(=O)c1c(-c2ccccc2)nn2c(C3CCN(C=O)CC3)cc(=O)[nH]c12. The topological polar surface area (TPSA) is 99.6 Å². The standard InChI is InChI=1S/C23H27N5O3/c1-15(2)13-24-23(31)20-21(17-6-4-3-5-7-17)26-28-18(12-19(30)25-22(20)28)16-8-10-27(14-29)11-9-16/h3-7,12,14-16H,8-11,13H2,1-2H3,(H,24,31)(H,25,30). The van der Waals surface area contributed by atoms with Crippen LogP contribution in [0.15, 0.2) is 41.2 Å². The number of H-pyrrole nitrogens is 1. The van der Waals surface area contributed by atoms with Crippen molar-refractivity contribution in [3.05, 3.63) is 58.0 Å². The van der Waals surface area contributed by atoms with E-state index in [1.807, 2.05) is 44.2 Å². The predicted octanol–water partition coefficient (Wildman–Crippen LogP) is 2.41. The molecule has 0 bridgehead atoms. The Balaban J connectivity index is 1.86. The van der Waals surface area contributed by atoms with Crippen LogP contribution >= 0.6 is 0 Å². The van der Waals surface area contributed by atoms with Crippen molar-refractivity contribution in [3.63, 3.8) is 0 Å². The van der Waals surface area contributed by atoms with E-state index in [-0.39, 0.29) is 17.4 Å². The van der Waals surface area contributed by atoms with E-state index in [9.17, 15) is 14.4 Å². The molecule has 3 heterocycles. The molecule has 2 aromatic heterocycles. The van der Waals surface area contributed by atoms with Crippen LogP contribution in [0, 0.1) is 5.92 Å². The number of nitrogens with zero attached hydrogens (tertiary/aromatic N) is 3. The second-order valence-electron chi connectivity index (χ2n) is 8.43. The summed E-state index contributed by atoms with van der Waals surface area (Å²) in [6, 6.07) is 11.1. The lowest BCUT2D eigenvalue weighted by atomic mass is 9.93. The van der Waals surface area contributed by atoms with Gasteiger partial charge in [-0.05, 0) is 18.8 Å². The number of nitrogens with one attached hydrogen (secondary N) is 2. The first kappa shape index (κ1) is 20.8. The lowest BCUT2D eigenvalue weighted by Gasteiger charge is -2.29. The molecule has 2 N–H and O–H groups in total. The molecule has 2 amide bonds. The molecule has 3 aromatic rings. The smallest absolute Gasteiger partial charge is 0.257 e. The lowest BCUT2D eigenvalue weighted by molar-refractivity contribution is -0.119. The van der Waals surface area contributed by atoms with Crippen molar-refractivity contribution >= 4 is 18.0 Å². The third-order valence-electron chi connectivity index (χ3n) is 5.69. The van der Waals surface area contributed by atoms with Crippen molar-refractivity contribution in [2.45, 2.75) is 32.6 Å². The summed E-state index contributed by atoms with van der Waals surface area (Å²) < 4.78 is 1.70. The van der Waals surface area contributed by atoms with Gasteiger partial charge in [0.1, 0.15) is 16.9 Å². The number of hydrogen-bond acceptors (Lipinski definition) is 4. The first-order chi connectivity index (χ1) is 15.0. The fourth-order valence-corrected chi connectivity index (χ4v) is 4.06. The summed E-state index contributed by atoms with van der Waals surface area (Å²) in [5, 5.41) is 7.75. The average Bonchev–Trinajstić information content (AvgIpc) is 3.17. The van der Waals surface area contributed by atoms with E-state index in [2.05, 4.69) is 10.3 Å². The zero-order valence-corrected chi connectivity index (χ0v) is 17.8. The van der Waals surface area contributed by atoms with Crippen LogP contribution in [0.1, 0.15) is 48.7 Å². The number of carbonyl (C=O) groups excluding carboxylic acids is 2. The highest BCUT2D eigenvalue weighted by atomic mass is 16.2. The predicted molar refractivity (Wildman–Crippen MR) is 118 cm³/mol. The van der Waals surface area contributed by atoms with Gasteiger partial charge in [-0.25, -0.2) is 4.52 Å². The minimum Gasteiger partial charge on any atom is -0.352 e. The van der Waals surface area contributed by atoms with Crippen molar-refractivity contribution in [1.29, 1.82) is 0 Å². The Labute approximate surface area is 180 Å². The molecule has 0 aliphatic carbocycles. The molecule has 31 heavy (non-hydrogen) atoms. The van der Waals surface area contributed by atoms with Gasteiger partial charge in [0, 0.05) is 37.2 Å². The number of rotatable bonds is 6. The Hall–Kier alpha value is -3.42. The molecule has 1 fully saturated rings. The molecule has 1 aromatic carbocycles. The maximum Gasteiger partial charge on any atom is 0.257 e. The molecule has 0 saturated carbocycles. The second kappa shape index (κ2) is 8.75. The minimum atomic E-state index is -0.266. The lowest BCUT2D eigenvalue weighted by Crippen LogP contribution is -2.32. The van der Waals surface area contributed by atoms with Gasteiger partial charge in [-0.3, -0.25) is 14.4 Å². The molecule has 0 spiro atoms. The van der Waals surface area contributed by atoms with E-state index in [4.69, 9.17) is 5.10 Å². The second-order valence-corrected chi connectivity index (χ2v) is 8.43. The number of amides is 2. The van der Waals surface area contributed by atoms with Gasteiger partial charge in [0.2, 0.25) is 6.41 Å². The molecule has 4 rings (SSSR count). The molecule has 8 heteroatoms. The fraction of sp³-hybridized carbons (Fsp3) is 0.391. The van der Waals surface area contributed by atoms with E-state index >= 15 is 0 Å². The number of likely N-dealkylation sites (tertiary alicyclic amines) is 1. The van der Waals surface area contributed by atoms with Crippen LogP contribution in [0.3, 0.4) is 0 Å². The molecular formula is C23H27N5O3. The molecule has 1 saturated heterocycles. The third-order valence-corrected chi connectivity index (χ3v) is 5.69. The summed E-state index contributed by atoms with van der Waals surface area (Å²) in [5.41, 5.74) is 2.62. The Morgan fingerprint density at radius 3 is 2.61 bits per heavy atom.